The van der Waals surface area contributed by atoms with Gasteiger partial charge in [-0.2, -0.15) is 0 Å². The minimum atomic E-state index is -1.38. The SMILES string of the molecule is Cc1cc(C(=O)COC(=O)[C@@H](O)c2ccccc2)c(C)n1C1CC1. The summed E-state index contributed by atoms with van der Waals surface area (Å²) in [6.07, 6.45) is 0.905. The lowest BCUT2D eigenvalue weighted by Gasteiger charge is -2.11. The Morgan fingerprint density at radius 2 is 1.92 bits per heavy atom. The molecule has 24 heavy (non-hydrogen) atoms. The fourth-order valence-corrected chi connectivity index (χ4v) is 3.02. The zero-order valence-electron chi connectivity index (χ0n) is 13.9. The van der Waals surface area contributed by atoms with Gasteiger partial charge in [0, 0.05) is 23.0 Å². The molecule has 1 N–H and O–H groups in total. The van der Waals surface area contributed by atoms with Crippen molar-refractivity contribution in [3.8, 4) is 0 Å². The number of benzene rings is 1. The van der Waals surface area contributed by atoms with Gasteiger partial charge in [0.05, 0.1) is 0 Å². The van der Waals surface area contributed by atoms with Crippen LogP contribution in [0.5, 0.6) is 0 Å². The number of aromatic nitrogens is 1. The molecular weight excluding hydrogens is 306 g/mol. The minimum absolute atomic E-state index is 0.247. The third-order valence-corrected chi connectivity index (χ3v) is 4.38. The van der Waals surface area contributed by atoms with Crippen molar-refractivity contribution >= 4 is 11.8 Å². The number of ketones is 1. The van der Waals surface area contributed by atoms with E-state index in [4.69, 9.17) is 4.74 Å². The number of Topliss-reactive ketones (excluding diaryl/α,β-unsaturated/α-hetero) is 1. The molecule has 0 bridgehead atoms. The molecule has 5 heteroatoms. The molecule has 1 saturated carbocycles. The zero-order chi connectivity index (χ0) is 17.3. The van der Waals surface area contributed by atoms with Gasteiger partial charge in [-0.15, -0.1) is 0 Å². The number of carbonyl (C=O) groups excluding carboxylic acids is 2. The third kappa shape index (κ3) is 3.26. The van der Waals surface area contributed by atoms with Gasteiger partial charge in [0.15, 0.2) is 12.7 Å². The van der Waals surface area contributed by atoms with Gasteiger partial charge >= 0.3 is 5.97 Å². The Bertz CT molecular complexity index is 759. The topological polar surface area (TPSA) is 68.5 Å². The smallest absolute Gasteiger partial charge is 0.340 e. The van der Waals surface area contributed by atoms with Gasteiger partial charge in [0.1, 0.15) is 0 Å². The van der Waals surface area contributed by atoms with Crippen molar-refractivity contribution in [2.45, 2.75) is 38.8 Å². The molecule has 0 saturated heterocycles. The van der Waals surface area contributed by atoms with Crippen LogP contribution in [0.2, 0.25) is 0 Å². The molecule has 1 aromatic carbocycles. The Labute approximate surface area is 140 Å². The first-order valence-corrected chi connectivity index (χ1v) is 8.10. The Morgan fingerprint density at radius 1 is 1.25 bits per heavy atom. The van der Waals surface area contributed by atoms with Gasteiger partial charge in [-0.05, 0) is 38.3 Å². The normalized spacial score (nSPS) is 15.1. The first-order valence-electron chi connectivity index (χ1n) is 8.10. The first-order chi connectivity index (χ1) is 11.5. The fraction of sp³-hybridized carbons (Fsp3) is 0.368. The average molecular weight is 327 g/mol. The zero-order valence-corrected chi connectivity index (χ0v) is 13.9. The van der Waals surface area contributed by atoms with Gasteiger partial charge in [-0.3, -0.25) is 4.79 Å². The predicted octanol–water partition coefficient (Wildman–Crippen LogP) is 2.90. The number of hydrogen-bond acceptors (Lipinski definition) is 4. The molecule has 3 rings (SSSR count). The average Bonchev–Trinajstić information content (AvgIpc) is 3.37. The molecule has 2 aromatic rings. The summed E-state index contributed by atoms with van der Waals surface area (Å²) in [6, 6.07) is 10.9. The number of aliphatic hydroxyl groups excluding tert-OH is 1. The molecule has 0 spiro atoms. The summed E-state index contributed by atoms with van der Waals surface area (Å²) in [5, 5.41) is 9.97. The van der Waals surface area contributed by atoms with E-state index >= 15 is 0 Å². The summed E-state index contributed by atoms with van der Waals surface area (Å²) in [5.74, 6) is -1.06. The summed E-state index contributed by atoms with van der Waals surface area (Å²) in [4.78, 5) is 24.3. The quantitative estimate of drug-likeness (QED) is 0.654. The number of aliphatic hydroxyl groups is 1. The molecule has 0 radical (unpaired) electrons. The molecular formula is C19H21NO4. The Kier molecular flexibility index (Phi) is 4.53. The summed E-state index contributed by atoms with van der Waals surface area (Å²) in [7, 11) is 0. The van der Waals surface area contributed by atoms with Gasteiger partial charge in [-0.1, -0.05) is 30.3 Å². The Morgan fingerprint density at radius 3 is 2.54 bits per heavy atom. The van der Waals surface area contributed by atoms with Crippen LogP contribution < -0.4 is 0 Å². The van der Waals surface area contributed by atoms with Gasteiger partial charge in [0.2, 0.25) is 5.78 Å². The van der Waals surface area contributed by atoms with Crippen molar-refractivity contribution in [2.75, 3.05) is 6.61 Å². The van der Waals surface area contributed by atoms with Crippen molar-refractivity contribution in [3.05, 3.63) is 58.9 Å². The number of carbonyl (C=O) groups is 2. The van der Waals surface area contributed by atoms with Crippen LogP contribution in [0.25, 0.3) is 0 Å². The second-order valence-electron chi connectivity index (χ2n) is 6.23. The van der Waals surface area contributed by atoms with Crippen molar-refractivity contribution < 1.29 is 19.4 Å². The predicted molar refractivity (Wildman–Crippen MR) is 88.9 cm³/mol. The number of esters is 1. The van der Waals surface area contributed by atoms with Gasteiger partial charge in [0.25, 0.3) is 0 Å². The molecule has 1 heterocycles. The highest BCUT2D eigenvalue weighted by Gasteiger charge is 2.28. The second-order valence-corrected chi connectivity index (χ2v) is 6.23. The largest absolute Gasteiger partial charge is 0.455 e. The van der Waals surface area contributed by atoms with E-state index in [-0.39, 0.29) is 12.4 Å². The maximum atomic E-state index is 12.4. The molecule has 1 fully saturated rings. The van der Waals surface area contributed by atoms with Gasteiger partial charge < -0.3 is 14.4 Å². The Hall–Kier alpha value is -2.40. The second kappa shape index (κ2) is 6.61. The molecule has 0 amide bonds. The van der Waals surface area contributed by atoms with E-state index in [1.54, 1.807) is 30.3 Å². The number of aryl methyl sites for hydroxylation is 1. The van der Waals surface area contributed by atoms with E-state index in [1.807, 2.05) is 19.9 Å². The van der Waals surface area contributed by atoms with Crippen molar-refractivity contribution in [1.82, 2.24) is 4.57 Å². The molecule has 1 aliphatic carbocycles. The molecule has 0 aliphatic heterocycles. The van der Waals surface area contributed by atoms with E-state index in [0.717, 1.165) is 24.2 Å². The highest BCUT2D eigenvalue weighted by atomic mass is 16.5. The van der Waals surface area contributed by atoms with E-state index in [1.165, 1.54) is 0 Å². The molecule has 1 aromatic heterocycles. The molecule has 5 nitrogen and oxygen atoms in total. The van der Waals surface area contributed by atoms with Crippen LogP contribution in [0.1, 0.15) is 52.3 Å². The third-order valence-electron chi connectivity index (χ3n) is 4.38. The molecule has 1 atom stereocenters. The highest BCUT2D eigenvalue weighted by Crippen LogP contribution is 2.38. The van der Waals surface area contributed by atoms with Crippen LogP contribution in [0.15, 0.2) is 36.4 Å². The lowest BCUT2D eigenvalue weighted by atomic mass is 10.1. The van der Waals surface area contributed by atoms with Crippen LogP contribution in [0, 0.1) is 13.8 Å². The number of ether oxygens (including phenoxy) is 1. The van der Waals surface area contributed by atoms with Crippen molar-refractivity contribution in [1.29, 1.82) is 0 Å². The molecule has 1 aliphatic rings. The highest BCUT2D eigenvalue weighted by molar-refractivity contribution is 5.99. The van der Waals surface area contributed by atoms with Crippen molar-refractivity contribution in [2.24, 2.45) is 0 Å². The monoisotopic (exact) mass is 327 g/mol. The number of hydrogen-bond donors (Lipinski definition) is 1. The molecule has 126 valence electrons. The van der Waals surface area contributed by atoms with Crippen molar-refractivity contribution in [3.63, 3.8) is 0 Å². The van der Waals surface area contributed by atoms with Crippen LogP contribution in [0.4, 0.5) is 0 Å². The fourth-order valence-electron chi connectivity index (χ4n) is 3.02. The number of nitrogens with zero attached hydrogens (tertiary/aromatic N) is 1. The van der Waals surface area contributed by atoms with E-state index < -0.39 is 12.1 Å². The lowest BCUT2D eigenvalue weighted by Crippen LogP contribution is -2.20. The van der Waals surface area contributed by atoms with Gasteiger partial charge in [-0.25, -0.2) is 4.79 Å². The maximum absolute atomic E-state index is 12.4. The van der Waals surface area contributed by atoms with Crippen LogP contribution >= 0.6 is 0 Å². The standard InChI is InChI=1S/C19H21NO4/c1-12-10-16(13(2)20(12)15-8-9-15)17(21)11-24-19(23)18(22)14-6-4-3-5-7-14/h3-7,10,15,18,22H,8-9,11H2,1-2H3/t18-/m0/s1. The van der Waals surface area contributed by atoms with E-state index in [9.17, 15) is 14.7 Å². The van der Waals surface area contributed by atoms with Crippen LogP contribution in [-0.2, 0) is 9.53 Å². The summed E-state index contributed by atoms with van der Waals surface area (Å²) in [5.41, 5.74) is 3.00. The summed E-state index contributed by atoms with van der Waals surface area (Å²) in [6.45, 7) is 3.53. The Balaban J connectivity index is 1.63. The van der Waals surface area contributed by atoms with E-state index in [0.29, 0.717) is 17.2 Å². The number of rotatable bonds is 6. The molecule has 0 unspecified atom stereocenters. The van der Waals surface area contributed by atoms with E-state index in [2.05, 4.69) is 4.57 Å². The first kappa shape index (κ1) is 16.5. The van der Waals surface area contributed by atoms with Crippen LogP contribution in [-0.4, -0.2) is 28.0 Å². The summed E-state index contributed by atoms with van der Waals surface area (Å²) >= 11 is 0. The van der Waals surface area contributed by atoms with Crippen LogP contribution in [0.3, 0.4) is 0 Å². The lowest BCUT2D eigenvalue weighted by molar-refractivity contribution is -0.152. The summed E-state index contributed by atoms with van der Waals surface area (Å²) < 4.78 is 7.18. The minimum Gasteiger partial charge on any atom is -0.455 e. The maximum Gasteiger partial charge on any atom is 0.340 e.